The van der Waals surface area contributed by atoms with Gasteiger partial charge in [0.25, 0.3) is 0 Å². The molecule has 0 fully saturated rings. The van der Waals surface area contributed by atoms with Crippen molar-refractivity contribution in [3.63, 3.8) is 0 Å². The van der Waals surface area contributed by atoms with Gasteiger partial charge in [0.2, 0.25) is 0 Å². The number of fused-ring (bicyclic) bond motifs is 14. The lowest BCUT2D eigenvalue weighted by Crippen LogP contribution is -2.11. The predicted molar refractivity (Wildman–Crippen MR) is 229 cm³/mol. The molecular weight excluding hydrogens is 663 g/mol. The number of anilines is 3. The molecule has 0 aliphatic rings. The smallest absolute Gasteiger partial charge is 0.136 e. The standard InChI is InChI=1S/C50H29NOS/c1-3-13-34-30(11-1)25-31-12-2-4-14-35(31)50(34)51(33-22-24-49-45(27-33)40-18-8-10-20-48(40)53-49)32-21-23-38-41(26-32)36-15-5-6-16-37(36)42-28-44-39-17-7-9-19-46(39)52-47(44)29-43(38)42/h1-29H. The van der Waals surface area contributed by atoms with Gasteiger partial charge in [0, 0.05) is 53.1 Å². The highest BCUT2D eigenvalue weighted by molar-refractivity contribution is 7.25. The van der Waals surface area contributed by atoms with E-state index in [-0.39, 0.29) is 0 Å². The third kappa shape index (κ3) is 4.20. The van der Waals surface area contributed by atoms with Crippen LogP contribution in [-0.2, 0) is 0 Å². The summed E-state index contributed by atoms with van der Waals surface area (Å²) in [6.45, 7) is 0. The predicted octanol–water partition coefficient (Wildman–Crippen LogP) is 15.2. The molecule has 0 N–H and O–H groups in total. The summed E-state index contributed by atoms with van der Waals surface area (Å²) in [7, 11) is 0. The fraction of sp³-hybridized carbons (Fsp3) is 0. The van der Waals surface area contributed by atoms with Crippen LogP contribution in [0.5, 0.6) is 0 Å². The van der Waals surface area contributed by atoms with Gasteiger partial charge in [-0.1, -0.05) is 115 Å². The van der Waals surface area contributed by atoms with E-state index < -0.39 is 0 Å². The maximum atomic E-state index is 6.43. The second-order valence-corrected chi connectivity index (χ2v) is 15.1. The van der Waals surface area contributed by atoms with Crippen LogP contribution in [0.15, 0.2) is 180 Å². The maximum Gasteiger partial charge on any atom is 0.136 e. The Bertz CT molecular complexity index is 3430. The quantitative estimate of drug-likeness (QED) is 0.135. The highest BCUT2D eigenvalue weighted by Gasteiger charge is 2.22. The van der Waals surface area contributed by atoms with Crippen LogP contribution in [0.2, 0.25) is 0 Å². The van der Waals surface area contributed by atoms with Gasteiger partial charge in [-0.2, -0.15) is 0 Å². The highest BCUT2D eigenvalue weighted by atomic mass is 32.1. The van der Waals surface area contributed by atoms with E-state index in [9.17, 15) is 0 Å². The summed E-state index contributed by atoms with van der Waals surface area (Å²) in [5.41, 5.74) is 5.27. The van der Waals surface area contributed by atoms with Gasteiger partial charge in [0.1, 0.15) is 11.2 Å². The maximum absolute atomic E-state index is 6.43. The second kappa shape index (κ2) is 10.9. The van der Waals surface area contributed by atoms with Crippen LogP contribution in [0.4, 0.5) is 17.1 Å². The molecule has 10 aromatic carbocycles. The largest absolute Gasteiger partial charge is 0.456 e. The molecule has 0 radical (unpaired) electrons. The van der Waals surface area contributed by atoms with E-state index in [1.54, 1.807) is 0 Å². The van der Waals surface area contributed by atoms with Crippen LogP contribution >= 0.6 is 11.3 Å². The molecule has 0 saturated carbocycles. The molecule has 0 aliphatic heterocycles. The summed E-state index contributed by atoms with van der Waals surface area (Å²) in [4.78, 5) is 2.50. The van der Waals surface area contributed by atoms with Crippen LogP contribution in [0, 0.1) is 0 Å². The lowest BCUT2D eigenvalue weighted by Gasteiger charge is -2.29. The van der Waals surface area contributed by atoms with Crippen LogP contribution in [-0.4, -0.2) is 0 Å². The molecule has 246 valence electrons. The molecule has 0 aliphatic carbocycles. The third-order valence-electron chi connectivity index (χ3n) is 11.2. The number of nitrogens with zero attached hydrogens (tertiary/aromatic N) is 1. The topological polar surface area (TPSA) is 16.4 Å². The second-order valence-electron chi connectivity index (χ2n) is 14.0. The average molecular weight is 692 g/mol. The number of rotatable bonds is 3. The van der Waals surface area contributed by atoms with Crippen LogP contribution in [0.1, 0.15) is 0 Å². The Hall–Kier alpha value is -6.68. The van der Waals surface area contributed by atoms with Crippen LogP contribution in [0.25, 0.3) is 96.0 Å². The molecule has 12 rings (SSSR count). The van der Waals surface area contributed by atoms with Gasteiger partial charge in [-0.25, -0.2) is 0 Å². The SMILES string of the molecule is c1ccc2c(N(c3ccc4sc5ccccc5c4c3)c3ccc4c(c3)c3ccccc3c3cc5c(cc43)oc3ccccc35)c3ccccc3cc2c1. The van der Waals surface area contributed by atoms with Gasteiger partial charge >= 0.3 is 0 Å². The number of hydrogen-bond acceptors (Lipinski definition) is 3. The first-order valence-corrected chi connectivity index (χ1v) is 18.9. The number of para-hydroxylation sites is 1. The zero-order valence-corrected chi connectivity index (χ0v) is 29.3. The third-order valence-corrected chi connectivity index (χ3v) is 12.3. The summed E-state index contributed by atoms with van der Waals surface area (Å²) in [6, 6.07) is 64.5. The number of thiophene rings is 1. The fourth-order valence-corrected chi connectivity index (χ4v) is 9.88. The molecule has 0 bridgehead atoms. The molecule has 2 aromatic heterocycles. The molecule has 12 aromatic rings. The summed E-state index contributed by atoms with van der Waals surface area (Å²) >= 11 is 1.86. The van der Waals surface area contributed by atoms with Crippen molar-refractivity contribution in [2.75, 3.05) is 4.90 Å². The average Bonchev–Trinajstić information content (AvgIpc) is 3.78. The monoisotopic (exact) mass is 691 g/mol. The Morgan fingerprint density at radius 3 is 1.60 bits per heavy atom. The van der Waals surface area contributed by atoms with Gasteiger partial charge in [-0.05, 0) is 104 Å². The lowest BCUT2D eigenvalue weighted by molar-refractivity contribution is 0.669. The van der Waals surface area contributed by atoms with E-state index >= 15 is 0 Å². The first-order valence-electron chi connectivity index (χ1n) is 18.1. The van der Waals surface area contributed by atoms with Gasteiger partial charge in [0.05, 0.1) is 5.69 Å². The van der Waals surface area contributed by atoms with Crippen molar-refractivity contribution in [3.8, 4) is 0 Å². The van der Waals surface area contributed by atoms with E-state index in [1.165, 1.54) is 79.7 Å². The van der Waals surface area contributed by atoms with E-state index in [1.807, 2.05) is 17.4 Å². The normalized spacial score (nSPS) is 12.2. The fourth-order valence-electron chi connectivity index (χ4n) is 8.79. The number of furan rings is 1. The summed E-state index contributed by atoms with van der Waals surface area (Å²) in [5.74, 6) is 0. The molecule has 0 amide bonds. The zero-order chi connectivity index (χ0) is 34.6. The molecule has 0 spiro atoms. The summed E-state index contributed by atoms with van der Waals surface area (Å²) in [6.07, 6.45) is 0. The zero-order valence-electron chi connectivity index (χ0n) is 28.5. The highest BCUT2D eigenvalue weighted by Crippen LogP contribution is 2.48. The molecule has 2 heterocycles. The Morgan fingerprint density at radius 1 is 0.321 bits per heavy atom. The van der Waals surface area contributed by atoms with E-state index in [4.69, 9.17) is 4.42 Å². The number of benzene rings is 10. The van der Waals surface area contributed by atoms with Crippen LogP contribution < -0.4 is 4.90 Å². The number of hydrogen-bond donors (Lipinski definition) is 0. The molecular formula is C50H29NOS. The van der Waals surface area contributed by atoms with Crippen molar-refractivity contribution < 1.29 is 4.42 Å². The van der Waals surface area contributed by atoms with Crippen molar-refractivity contribution in [1.29, 1.82) is 0 Å². The Balaban J connectivity index is 1.20. The van der Waals surface area contributed by atoms with Gasteiger partial charge < -0.3 is 9.32 Å². The van der Waals surface area contributed by atoms with Crippen LogP contribution in [0.3, 0.4) is 0 Å². The van der Waals surface area contributed by atoms with Gasteiger partial charge in [-0.3, -0.25) is 0 Å². The van der Waals surface area contributed by atoms with Crippen molar-refractivity contribution in [1.82, 2.24) is 0 Å². The van der Waals surface area contributed by atoms with Gasteiger partial charge in [-0.15, -0.1) is 11.3 Å². The minimum absolute atomic E-state index is 0.916. The minimum atomic E-state index is 0.916. The Kier molecular flexibility index (Phi) is 5.96. The van der Waals surface area contributed by atoms with E-state index in [0.717, 1.165) is 33.3 Å². The first kappa shape index (κ1) is 29.0. The first-order chi connectivity index (χ1) is 26.3. The Labute approximate surface area is 308 Å². The van der Waals surface area contributed by atoms with Crippen molar-refractivity contribution >= 4 is 124 Å². The minimum Gasteiger partial charge on any atom is -0.456 e. The molecule has 0 saturated heterocycles. The molecule has 3 heteroatoms. The van der Waals surface area contributed by atoms with E-state index in [2.05, 4.69) is 175 Å². The molecule has 0 unspecified atom stereocenters. The summed E-state index contributed by atoms with van der Waals surface area (Å²) < 4.78 is 9.04. The Morgan fingerprint density at radius 2 is 0.849 bits per heavy atom. The molecule has 2 nitrogen and oxygen atoms in total. The van der Waals surface area contributed by atoms with E-state index in [0.29, 0.717) is 0 Å². The molecule has 0 atom stereocenters. The summed E-state index contributed by atoms with van der Waals surface area (Å²) in [5, 5.41) is 17.1. The van der Waals surface area contributed by atoms with Crippen molar-refractivity contribution in [2.45, 2.75) is 0 Å². The van der Waals surface area contributed by atoms with Gasteiger partial charge in [0.15, 0.2) is 0 Å². The lowest BCUT2D eigenvalue weighted by atomic mass is 9.92. The van der Waals surface area contributed by atoms with Crippen molar-refractivity contribution in [2.24, 2.45) is 0 Å². The van der Waals surface area contributed by atoms with Crippen molar-refractivity contribution in [3.05, 3.63) is 176 Å². The molecule has 53 heavy (non-hydrogen) atoms.